The molecule has 0 aromatic heterocycles. The van der Waals surface area contributed by atoms with Crippen molar-refractivity contribution in [2.75, 3.05) is 14.2 Å². The van der Waals surface area contributed by atoms with Gasteiger partial charge in [-0.3, -0.25) is 11.3 Å². The van der Waals surface area contributed by atoms with Crippen LogP contribution in [0.5, 0.6) is 11.5 Å². The van der Waals surface area contributed by atoms with Crippen LogP contribution in [0.2, 0.25) is 0 Å². The highest BCUT2D eigenvalue weighted by Gasteiger charge is 2.24. The molecule has 1 fully saturated rings. The molecule has 0 amide bonds. The number of hydrogen-bond acceptors (Lipinski definition) is 4. The van der Waals surface area contributed by atoms with Gasteiger partial charge in [0.2, 0.25) is 0 Å². The highest BCUT2D eigenvalue weighted by atomic mass is 16.5. The number of rotatable bonds is 6. The van der Waals surface area contributed by atoms with Crippen molar-refractivity contribution >= 4 is 0 Å². The van der Waals surface area contributed by atoms with Crippen molar-refractivity contribution in [3.05, 3.63) is 23.8 Å². The summed E-state index contributed by atoms with van der Waals surface area (Å²) in [5, 5.41) is 0. The summed E-state index contributed by atoms with van der Waals surface area (Å²) in [6, 6.07) is 5.94. The fourth-order valence-corrected chi connectivity index (χ4v) is 3.25. The molecule has 112 valence electrons. The topological polar surface area (TPSA) is 56.5 Å². The van der Waals surface area contributed by atoms with Crippen LogP contribution in [0.1, 0.15) is 50.1 Å². The maximum Gasteiger partial charge on any atom is 0.127 e. The van der Waals surface area contributed by atoms with E-state index < -0.39 is 0 Å². The van der Waals surface area contributed by atoms with E-state index in [4.69, 9.17) is 15.3 Å². The van der Waals surface area contributed by atoms with E-state index in [-0.39, 0.29) is 6.04 Å². The van der Waals surface area contributed by atoms with Crippen LogP contribution in [0.4, 0.5) is 0 Å². The minimum Gasteiger partial charge on any atom is -0.496 e. The molecular formula is C16H26N2O2. The predicted octanol–water partition coefficient (Wildman–Crippen LogP) is 3.18. The SMILES string of the molecule is COc1cccc(OC)c1C(CC1CCCCC1)NN. The third-order valence-electron chi connectivity index (χ3n) is 4.31. The molecule has 0 saturated heterocycles. The molecule has 1 aromatic rings. The summed E-state index contributed by atoms with van der Waals surface area (Å²) in [4.78, 5) is 0. The zero-order valence-electron chi connectivity index (χ0n) is 12.5. The van der Waals surface area contributed by atoms with Crippen molar-refractivity contribution in [3.63, 3.8) is 0 Å². The van der Waals surface area contributed by atoms with E-state index in [1.165, 1.54) is 32.1 Å². The van der Waals surface area contributed by atoms with E-state index in [9.17, 15) is 0 Å². The molecule has 1 atom stereocenters. The molecule has 1 saturated carbocycles. The molecule has 3 N–H and O–H groups in total. The Hall–Kier alpha value is -1.26. The molecule has 0 spiro atoms. The lowest BCUT2D eigenvalue weighted by Gasteiger charge is -2.28. The van der Waals surface area contributed by atoms with Crippen molar-refractivity contribution in [2.45, 2.75) is 44.6 Å². The van der Waals surface area contributed by atoms with Crippen LogP contribution >= 0.6 is 0 Å². The highest BCUT2D eigenvalue weighted by Crippen LogP contribution is 2.39. The average Bonchev–Trinajstić information content (AvgIpc) is 2.52. The van der Waals surface area contributed by atoms with Gasteiger partial charge in [0.1, 0.15) is 11.5 Å². The molecule has 1 aliphatic carbocycles. The molecule has 4 nitrogen and oxygen atoms in total. The minimum absolute atomic E-state index is 0.0733. The Morgan fingerprint density at radius 2 is 1.75 bits per heavy atom. The molecule has 0 bridgehead atoms. The van der Waals surface area contributed by atoms with Crippen LogP contribution in [-0.2, 0) is 0 Å². The van der Waals surface area contributed by atoms with Crippen LogP contribution in [0, 0.1) is 5.92 Å². The largest absolute Gasteiger partial charge is 0.496 e. The van der Waals surface area contributed by atoms with Gasteiger partial charge in [-0.2, -0.15) is 0 Å². The molecule has 1 aliphatic rings. The zero-order chi connectivity index (χ0) is 14.4. The Morgan fingerprint density at radius 3 is 2.25 bits per heavy atom. The Balaban J connectivity index is 2.21. The number of benzene rings is 1. The number of methoxy groups -OCH3 is 2. The smallest absolute Gasteiger partial charge is 0.127 e. The first-order valence-corrected chi connectivity index (χ1v) is 7.47. The van der Waals surface area contributed by atoms with Gasteiger partial charge >= 0.3 is 0 Å². The second-order valence-corrected chi connectivity index (χ2v) is 5.54. The van der Waals surface area contributed by atoms with Crippen molar-refractivity contribution in [3.8, 4) is 11.5 Å². The van der Waals surface area contributed by atoms with Gasteiger partial charge in [0.05, 0.1) is 25.8 Å². The molecule has 1 unspecified atom stereocenters. The Kier molecular flexibility index (Phi) is 5.68. The highest BCUT2D eigenvalue weighted by molar-refractivity contribution is 5.47. The number of ether oxygens (including phenoxy) is 2. The van der Waals surface area contributed by atoms with Gasteiger partial charge < -0.3 is 9.47 Å². The van der Waals surface area contributed by atoms with Gasteiger partial charge in [0.15, 0.2) is 0 Å². The van der Waals surface area contributed by atoms with Gasteiger partial charge in [0, 0.05) is 0 Å². The molecule has 0 radical (unpaired) electrons. The third-order valence-corrected chi connectivity index (χ3v) is 4.31. The number of nitrogens with two attached hydrogens (primary N) is 1. The molecule has 0 heterocycles. The van der Waals surface area contributed by atoms with Crippen molar-refractivity contribution < 1.29 is 9.47 Å². The van der Waals surface area contributed by atoms with E-state index in [1.54, 1.807) is 14.2 Å². The first kappa shape index (κ1) is 15.1. The van der Waals surface area contributed by atoms with Gasteiger partial charge in [0.25, 0.3) is 0 Å². The average molecular weight is 278 g/mol. The number of hydrazine groups is 1. The van der Waals surface area contributed by atoms with Gasteiger partial charge in [-0.15, -0.1) is 0 Å². The molecular weight excluding hydrogens is 252 g/mol. The van der Waals surface area contributed by atoms with Crippen molar-refractivity contribution in [1.29, 1.82) is 0 Å². The summed E-state index contributed by atoms with van der Waals surface area (Å²) in [5.41, 5.74) is 3.99. The molecule has 0 aliphatic heterocycles. The zero-order valence-corrected chi connectivity index (χ0v) is 12.5. The van der Waals surface area contributed by atoms with E-state index >= 15 is 0 Å². The van der Waals surface area contributed by atoms with Crippen LogP contribution in [0.25, 0.3) is 0 Å². The third kappa shape index (κ3) is 3.44. The van der Waals surface area contributed by atoms with Crippen molar-refractivity contribution in [2.24, 2.45) is 11.8 Å². The van der Waals surface area contributed by atoms with Crippen LogP contribution < -0.4 is 20.7 Å². The lowest BCUT2D eigenvalue weighted by Crippen LogP contribution is -2.30. The summed E-state index contributed by atoms with van der Waals surface area (Å²) in [5.74, 6) is 8.22. The van der Waals surface area contributed by atoms with E-state index in [2.05, 4.69) is 5.43 Å². The predicted molar refractivity (Wildman–Crippen MR) is 80.8 cm³/mol. The fourth-order valence-electron chi connectivity index (χ4n) is 3.25. The molecule has 2 rings (SSSR count). The normalized spacial score (nSPS) is 17.8. The quantitative estimate of drug-likeness (QED) is 0.620. The summed E-state index contributed by atoms with van der Waals surface area (Å²) in [7, 11) is 3.37. The van der Waals surface area contributed by atoms with Crippen LogP contribution in [0.3, 0.4) is 0 Å². The Bertz CT molecular complexity index is 395. The number of hydrogen-bond donors (Lipinski definition) is 2. The summed E-state index contributed by atoms with van der Waals surface area (Å²) in [6.07, 6.45) is 7.68. The minimum atomic E-state index is 0.0733. The Labute approximate surface area is 121 Å². The van der Waals surface area contributed by atoms with Gasteiger partial charge in [-0.25, -0.2) is 0 Å². The van der Waals surface area contributed by atoms with Gasteiger partial charge in [-0.05, 0) is 24.5 Å². The second kappa shape index (κ2) is 7.50. The van der Waals surface area contributed by atoms with E-state index in [0.717, 1.165) is 29.4 Å². The first-order valence-electron chi connectivity index (χ1n) is 7.47. The molecule has 4 heteroatoms. The lowest BCUT2D eigenvalue weighted by atomic mass is 9.83. The first-order chi connectivity index (χ1) is 9.80. The standard InChI is InChI=1S/C16H26N2O2/c1-19-14-9-6-10-15(20-2)16(14)13(18-17)11-12-7-4-3-5-8-12/h6,9-10,12-13,18H,3-5,7-8,11,17H2,1-2H3. The molecule has 20 heavy (non-hydrogen) atoms. The van der Waals surface area contributed by atoms with Gasteiger partial charge in [-0.1, -0.05) is 38.2 Å². The van der Waals surface area contributed by atoms with Crippen LogP contribution in [-0.4, -0.2) is 14.2 Å². The fraction of sp³-hybridized carbons (Fsp3) is 0.625. The monoisotopic (exact) mass is 278 g/mol. The van der Waals surface area contributed by atoms with E-state index in [0.29, 0.717) is 0 Å². The summed E-state index contributed by atoms with van der Waals surface area (Å²) in [6.45, 7) is 0. The second-order valence-electron chi connectivity index (χ2n) is 5.54. The summed E-state index contributed by atoms with van der Waals surface area (Å²) >= 11 is 0. The van der Waals surface area contributed by atoms with Crippen LogP contribution in [0.15, 0.2) is 18.2 Å². The lowest BCUT2D eigenvalue weighted by molar-refractivity contribution is 0.290. The maximum absolute atomic E-state index is 5.81. The maximum atomic E-state index is 5.81. The number of nitrogens with one attached hydrogen (secondary N) is 1. The van der Waals surface area contributed by atoms with Crippen molar-refractivity contribution in [1.82, 2.24) is 5.43 Å². The summed E-state index contributed by atoms with van der Waals surface area (Å²) < 4.78 is 11.0. The molecule has 1 aromatic carbocycles. The van der Waals surface area contributed by atoms with E-state index in [1.807, 2.05) is 18.2 Å². The Morgan fingerprint density at radius 1 is 1.15 bits per heavy atom.